The SMILES string of the molecule is CN=C(NCC(=O)OC(C)(C)C)N1CCC(CSc2ccccc2)C1. The third-order valence-corrected chi connectivity index (χ3v) is 5.08. The molecule has 0 bridgehead atoms. The van der Waals surface area contributed by atoms with Crippen LogP contribution < -0.4 is 5.32 Å². The van der Waals surface area contributed by atoms with Gasteiger partial charge in [0.15, 0.2) is 5.96 Å². The third kappa shape index (κ3) is 6.98. The van der Waals surface area contributed by atoms with Crippen LogP contribution in [0.15, 0.2) is 40.2 Å². The number of esters is 1. The van der Waals surface area contributed by atoms with E-state index in [0.29, 0.717) is 5.92 Å². The molecule has 1 aliphatic heterocycles. The van der Waals surface area contributed by atoms with E-state index in [1.54, 1.807) is 7.05 Å². The maximum atomic E-state index is 11.9. The number of benzene rings is 1. The number of carbonyl (C=O) groups is 1. The predicted molar refractivity (Wildman–Crippen MR) is 104 cm³/mol. The van der Waals surface area contributed by atoms with Crippen LogP contribution in [0.2, 0.25) is 0 Å². The van der Waals surface area contributed by atoms with Gasteiger partial charge in [-0.25, -0.2) is 0 Å². The minimum atomic E-state index is -0.463. The number of hydrogen-bond acceptors (Lipinski definition) is 4. The maximum absolute atomic E-state index is 11.9. The van der Waals surface area contributed by atoms with Gasteiger partial charge < -0.3 is 15.0 Å². The zero-order valence-electron chi connectivity index (χ0n) is 15.6. The molecule has 0 spiro atoms. The summed E-state index contributed by atoms with van der Waals surface area (Å²) in [6.07, 6.45) is 1.15. The molecule has 25 heavy (non-hydrogen) atoms. The van der Waals surface area contributed by atoms with Gasteiger partial charge in [0.1, 0.15) is 12.1 Å². The quantitative estimate of drug-likeness (QED) is 0.377. The second-order valence-corrected chi connectivity index (χ2v) is 8.31. The largest absolute Gasteiger partial charge is 0.459 e. The van der Waals surface area contributed by atoms with Crippen molar-refractivity contribution in [2.75, 3.05) is 32.4 Å². The van der Waals surface area contributed by atoms with Crippen molar-refractivity contribution < 1.29 is 9.53 Å². The molecule has 6 heteroatoms. The maximum Gasteiger partial charge on any atom is 0.325 e. The smallest absolute Gasteiger partial charge is 0.325 e. The van der Waals surface area contributed by atoms with Gasteiger partial charge in [-0.05, 0) is 45.2 Å². The second kappa shape index (κ2) is 9.13. The average Bonchev–Trinajstić information content (AvgIpc) is 3.02. The molecule has 1 saturated heterocycles. The number of guanidine groups is 1. The molecule has 1 aromatic rings. The van der Waals surface area contributed by atoms with E-state index in [4.69, 9.17) is 4.74 Å². The van der Waals surface area contributed by atoms with Crippen molar-refractivity contribution in [3.05, 3.63) is 30.3 Å². The van der Waals surface area contributed by atoms with E-state index in [1.807, 2.05) is 38.6 Å². The minimum Gasteiger partial charge on any atom is -0.459 e. The number of thioether (sulfide) groups is 1. The van der Waals surface area contributed by atoms with Gasteiger partial charge in [-0.2, -0.15) is 0 Å². The van der Waals surface area contributed by atoms with Crippen molar-refractivity contribution >= 4 is 23.7 Å². The Labute approximate surface area is 155 Å². The van der Waals surface area contributed by atoms with Crippen LogP contribution in [0.25, 0.3) is 0 Å². The van der Waals surface area contributed by atoms with E-state index >= 15 is 0 Å². The van der Waals surface area contributed by atoms with Crippen LogP contribution in [-0.4, -0.2) is 54.9 Å². The summed E-state index contributed by atoms with van der Waals surface area (Å²) in [4.78, 5) is 19.7. The van der Waals surface area contributed by atoms with Gasteiger partial charge >= 0.3 is 5.97 Å². The number of ether oxygens (including phenoxy) is 1. The van der Waals surface area contributed by atoms with Crippen molar-refractivity contribution in [3.8, 4) is 0 Å². The molecule has 2 rings (SSSR count). The summed E-state index contributed by atoms with van der Waals surface area (Å²) in [5, 5.41) is 3.12. The first-order chi connectivity index (χ1) is 11.9. The fourth-order valence-electron chi connectivity index (χ4n) is 2.75. The van der Waals surface area contributed by atoms with Crippen molar-refractivity contribution in [2.45, 2.75) is 37.7 Å². The van der Waals surface area contributed by atoms with Crippen LogP contribution >= 0.6 is 11.8 Å². The Morgan fingerprint density at radius 1 is 1.36 bits per heavy atom. The highest BCUT2D eigenvalue weighted by Crippen LogP contribution is 2.25. The number of nitrogens with one attached hydrogen (secondary N) is 1. The van der Waals surface area contributed by atoms with Crippen LogP contribution in [0.4, 0.5) is 0 Å². The van der Waals surface area contributed by atoms with Gasteiger partial charge in [0.05, 0.1) is 0 Å². The number of carbonyl (C=O) groups excluding carboxylic acids is 1. The summed E-state index contributed by atoms with van der Waals surface area (Å²) in [5.41, 5.74) is -0.463. The first-order valence-electron chi connectivity index (χ1n) is 8.72. The highest BCUT2D eigenvalue weighted by molar-refractivity contribution is 7.99. The zero-order chi connectivity index (χ0) is 18.3. The predicted octanol–water partition coefficient (Wildman–Crippen LogP) is 3.02. The summed E-state index contributed by atoms with van der Waals surface area (Å²) in [6, 6.07) is 10.5. The molecule has 0 aliphatic carbocycles. The van der Waals surface area contributed by atoms with Gasteiger partial charge in [-0.15, -0.1) is 11.8 Å². The lowest BCUT2D eigenvalue weighted by molar-refractivity contribution is -0.153. The number of aliphatic imine (C=N–C) groups is 1. The summed E-state index contributed by atoms with van der Waals surface area (Å²) < 4.78 is 5.33. The normalized spacial score (nSPS) is 18.3. The fourth-order valence-corrected chi connectivity index (χ4v) is 3.80. The van der Waals surface area contributed by atoms with Gasteiger partial charge in [-0.1, -0.05) is 18.2 Å². The van der Waals surface area contributed by atoms with E-state index in [9.17, 15) is 4.79 Å². The van der Waals surface area contributed by atoms with Crippen LogP contribution in [-0.2, 0) is 9.53 Å². The van der Waals surface area contributed by atoms with Gasteiger partial charge in [0.2, 0.25) is 0 Å². The number of rotatable bonds is 5. The Hall–Kier alpha value is -1.69. The van der Waals surface area contributed by atoms with Gasteiger partial charge in [-0.3, -0.25) is 9.79 Å². The standard InChI is InChI=1S/C19H29N3O2S/c1-19(2,3)24-17(23)12-21-18(20-4)22-11-10-15(13-22)14-25-16-8-6-5-7-9-16/h5-9,15H,10-14H2,1-4H3,(H,20,21). The highest BCUT2D eigenvalue weighted by atomic mass is 32.2. The van der Waals surface area contributed by atoms with Crippen LogP contribution in [0.3, 0.4) is 0 Å². The topological polar surface area (TPSA) is 53.9 Å². The van der Waals surface area contributed by atoms with Crippen LogP contribution in [0.1, 0.15) is 27.2 Å². The monoisotopic (exact) mass is 363 g/mol. The molecule has 0 aromatic heterocycles. The molecule has 1 N–H and O–H groups in total. The Kier molecular flexibility index (Phi) is 7.17. The molecular formula is C19H29N3O2S. The number of hydrogen-bond donors (Lipinski definition) is 1. The molecule has 1 atom stereocenters. The lowest BCUT2D eigenvalue weighted by atomic mass is 10.2. The van der Waals surface area contributed by atoms with Crippen LogP contribution in [0, 0.1) is 5.92 Å². The van der Waals surface area contributed by atoms with E-state index in [1.165, 1.54) is 4.90 Å². The molecule has 1 fully saturated rings. The lowest BCUT2D eigenvalue weighted by Crippen LogP contribution is -2.43. The van der Waals surface area contributed by atoms with Crippen molar-refractivity contribution in [2.24, 2.45) is 10.9 Å². The van der Waals surface area contributed by atoms with Crippen molar-refractivity contribution in [3.63, 3.8) is 0 Å². The van der Waals surface area contributed by atoms with E-state index in [-0.39, 0.29) is 12.5 Å². The molecule has 0 saturated carbocycles. The van der Waals surface area contributed by atoms with Crippen LogP contribution in [0.5, 0.6) is 0 Å². The Balaban J connectivity index is 1.76. The van der Waals surface area contributed by atoms with Gasteiger partial charge in [0.25, 0.3) is 0 Å². The molecule has 0 amide bonds. The summed E-state index contributed by atoms with van der Waals surface area (Å²) >= 11 is 1.90. The van der Waals surface area contributed by atoms with Crippen molar-refractivity contribution in [1.29, 1.82) is 0 Å². The first-order valence-corrected chi connectivity index (χ1v) is 9.71. The molecule has 0 radical (unpaired) electrons. The Morgan fingerprint density at radius 3 is 2.72 bits per heavy atom. The molecule has 1 heterocycles. The summed E-state index contributed by atoms with van der Waals surface area (Å²) in [5.74, 6) is 2.25. The molecule has 1 unspecified atom stereocenters. The molecule has 5 nitrogen and oxygen atoms in total. The Bertz CT molecular complexity index is 584. The Morgan fingerprint density at radius 2 is 2.08 bits per heavy atom. The first kappa shape index (κ1) is 19.6. The number of nitrogens with zero attached hydrogens (tertiary/aromatic N) is 2. The second-order valence-electron chi connectivity index (χ2n) is 7.21. The van der Waals surface area contributed by atoms with Gasteiger partial charge in [0, 0.05) is 30.8 Å². The fraction of sp³-hybridized carbons (Fsp3) is 0.579. The van der Waals surface area contributed by atoms with E-state index in [2.05, 4.69) is 39.5 Å². The molecular weight excluding hydrogens is 334 g/mol. The molecule has 138 valence electrons. The zero-order valence-corrected chi connectivity index (χ0v) is 16.4. The third-order valence-electron chi connectivity index (χ3n) is 3.84. The van der Waals surface area contributed by atoms with E-state index < -0.39 is 5.60 Å². The van der Waals surface area contributed by atoms with Crippen molar-refractivity contribution in [1.82, 2.24) is 10.2 Å². The summed E-state index contributed by atoms with van der Waals surface area (Å²) in [7, 11) is 1.75. The molecule has 1 aromatic carbocycles. The lowest BCUT2D eigenvalue weighted by Gasteiger charge is -2.23. The average molecular weight is 364 g/mol. The molecule has 1 aliphatic rings. The minimum absolute atomic E-state index is 0.143. The van der Waals surface area contributed by atoms with E-state index in [0.717, 1.165) is 31.2 Å². The summed E-state index contributed by atoms with van der Waals surface area (Å²) in [6.45, 7) is 7.69. The highest BCUT2D eigenvalue weighted by Gasteiger charge is 2.25. The number of likely N-dealkylation sites (tertiary alicyclic amines) is 1.